The van der Waals surface area contributed by atoms with Crippen LogP contribution in [-0.4, -0.2) is 19.4 Å². The van der Waals surface area contributed by atoms with E-state index >= 15 is 0 Å². The minimum atomic E-state index is 0.903. The molecule has 2 aliphatic carbocycles. The van der Waals surface area contributed by atoms with Crippen LogP contribution in [-0.2, 0) is 12.8 Å². The number of nitrogens with zero attached hydrogens (tertiary/aromatic N) is 4. The molecule has 0 N–H and O–H groups in total. The van der Waals surface area contributed by atoms with Crippen LogP contribution in [0.1, 0.15) is 22.3 Å². The fraction of sp³-hybridized carbons (Fsp3) is 0.0645. The molecule has 162 valence electrons. The molecule has 35 heavy (non-hydrogen) atoms. The van der Waals surface area contributed by atoms with Gasteiger partial charge < -0.3 is 0 Å². The first-order chi connectivity index (χ1) is 17.4. The molecule has 0 saturated heterocycles. The van der Waals surface area contributed by atoms with Crippen molar-refractivity contribution < 1.29 is 0 Å². The lowest BCUT2D eigenvalue weighted by molar-refractivity contribution is 1.23. The number of pyridine rings is 3. The van der Waals surface area contributed by atoms with E-state index in [-0.39, 0.29) is 0 Å². The predicted molar refractivity (Wildman–Crippen MR) is 140 cm³/mol. The third kappa shape index (κ3) is 2.11. The summed E-state index contributed by atoms with van der Waals surface area (Å²) in [6, 6.07) is 22.4. The van der Waals surface area contributed by atoms with E-state index in [0.717, 1.165) is 35.0 Å². The number of benzene rings is 3. The number of rotatable bonds is 0. The van der Waals surface area contributed by atoms with E-state index in [2.05, 4.69) is 69.0 Å². The van der Waals surface area contributed by atoms with Gasteiger partial charge in [0.1, 0.15) is 11.2 Å². The molecule has 0 radical (unpaired) electrons. The largest absolute Gasteiger partial charge is 0.290 e. The van der Waals surface area contributed by atoms with Crippen LogP contribution >= 0.6 is 0 Å². The van der Waals surface area contributed by atoms with Gasteiger partial charge in [-0.05, 0) is 69.5 Å². The minimum absolute atomic E-state index is 0.903. The lowest BCUT2D eigenvalue weighted by Gasteiger charge is -2.13. The summed E-state index contributed by atoms with van der Waals surface area (Å²) in [4.78, 5) is 13.9. The molecule has 9 rings (SSSR count). The summed E-state index contributed by atoms with van der Waals surface area (Å²) >= 11 is 0. The Hall–Kier alpha value is -4.57. The Balaban J connectivity index is 1.47. The van der Waals surface area contributed by atoms with E-state index < -0.39 is 0 Å². The quantitative estimate of drug-likeness (QED) is 0.243. The summed E-state index contributed by atoms with van der Waals surface area (Å²) in [7, 11) is 0. The molecule has 0 unspecified atom stereocenters. The first-order valence-corrected chi connectivity index (χ1v) is 12.0. The summed E-state index contributed by atoms with van der Waals surface area (Å²) < 4.78 is 2.24. The molecule has 4 nitrogen and oxygen atoms in total. The summed E-state index contributed by atoms with van der Waals surface area (Å²) in [5.41, 5.74) is 15.3. The first kappa shape index (κ1) is 17.8. The SMILES string of the molecule is c1ccc2c(c1)Cc1ccc3c(c1-2)Cc1ccc2c(c1-3)c1ccncc1n1c3ccncc3nc21. The van der Waals surface area contributed by atoms with Gasteiger partial charge in [0.05, 0.1) is 23.4 Å². The van der Waals surface area contributed by atoms with Crippen LogP contribution in [0.5, 0.6) is 0 Å². The highest BCUT2D eigenvalue weighted by Gasteiger charge is 2.30. The summed E-state index contributed by atoms with van der Waals surface area (Å²) in [5.74, 6) is 0. The zero-order chi connectivity index (χ0) is 22.7. The maximum Gasteiger partial charge on any atom is 0.146 e. The van der Waals surface area contributed by atoms with Crippen LogP contribution in [0, 0.1) is 0 Å². The number of hydrogen-bond acceptors (Lipinski definition) is 3. The average Bonchev–Trinajstić information content (AvgIpc) is 3.59. The van der Waals surface area contributed by atoms with Crippen molar-refractivity contribution in [2.24, 2.45) is 0 Å². The van der Waals surface area contributed by atoms with Gasteiger partial charge in [-0.15, -0.1) is 0 Å². The van der Waals surface area contributed by atoms with E-state index in [4.69, 9.17) is 4.98 Å². The van der Waals surface area contributed by atoms with Crippen molar-refractivity contribution in [2.75, 3.05) is 0 Å². The van der Waals surface area contributed by atoms with Crippen LogP contribution in [0.3, 0.4) is 0 Å². The van der Waals surface area contributed by atoms with Crippen LogP contribution in [0.2, 0.25) is 0 Å². The first-order valence-electron chi connectivity index (χ1n) is 12.0. The molecule has 3 aromatic carbocycles. The number of hydrogen-bond donors (Lipinski definition) is 0. The van der Waals surface area contributed by atoms with Gasteiger partial charge in [-0.25, -0.2) is 4.98 Å². The van der Waals surface area contributed by atoms with Crippen LogP contribution in [0.25, 0.3) is 60.6 Å². The van der Waals surface area contributed by atoms with E-state index in [1.54, 1.807) is 0 Å². The second kappa shape index (κ2) is 6.10. The Labute approximate surface area is 200 Å². The maximum atomic E-state index is 5.04. The average molecular weight is 447 g/mol. The third-order valence-corrected chi connectivity index (χ3v) is 8.00. The second-order valence-electron chi connectivity index (χ2n) is 9.69. The van der Waals surface area contributed by atoms with Crippen molar-refractivity contribution >= 4 is 38.4 Å². The zero-order valence-electron chi connectivity index (χ0n) is 18.8. The molecule has 4 heteroatoms. The van der Waals surface area contributed by atoms with Gasteiger partial charge in [0, 0.05) is 28.6 Å². The third-order valence-electron chi connectivity index (χ3n) is 8.00. The highest BCUT2D eigenvalue weighted by molar-refractivity contribution is 6.20. The molecule has 0 amide bonds. The molecule has 0 aliphatic heterocycles. The van der Waals surface area contributed by atoms with Crippen molar-refractivity contribution in [3.63, 3.8) is 0 Å². The van der Waals surface area contributed by atoms with E-state index in [0.29, 0.717) is 0 Å². The molecule has 0 fully saturated rings. The smallest absolute Gasteiger partial charge is 0.146 e. The molecule has 4 heterocycles. The molecule has 0 saturated carbocycles. The van der Waals surface area contributed by atoms with Crippen molar-refractivity contribution in [1.82, 2.24) is 19.4 Å². The second-order valence-corrected chi connectivity index (χ2v) is 9.69. The zero-order valence-corrected chi connectivity index (χ0v) is 18.8. The lowest BCUT2D eigenvalue weighted by Crippen LogP contribution is -1.94. The molecular weight excluding hydrogens is 428 g/mol. The Morgan fingerprint density at radius 2 is 1.49 bits per heavy atom. The van der Waals surface area contributed by atoms with Gasteiger partial charge in [0.25, 0.3) is 0 Å². The van der Waals surface area contributed by atoms with E-state index in [9.17, 15) is 0 Å². The van der Waals surface area contributed by atoms with Gasteiger partial charge in [0.15, 0.2) is 0 Å². The molecule has 7 aromatic rings. The van der Waals surface area contributed by atoms with Crippen LogP contribution < -0.4 is 0 Å². The van der Waals surface area contributed by atoms with Gasteiger partial charge in [0.2, 0.25) is 0 Å². The summed E-state index contributed by atoms with van der Waals surface area (Å²) in [6.07, 6.45) is 9.55. The summed E-state index contributed by atoms with van der Waals surface area (Å²) in [5, 5.41) is 3.66. The van der Waals surface area contributed by atoms with E-state index in [1.807, 2.05) is 30.9 Å². The van der Waals surface area contributed by atoms with Gasteiger partial charge in [-0.2, -0.15) is 0 Å². The highest BCUT2D eigenvalue weighted by Crippen LogP contribution is 2.50. The lowest BCUT2D eigenvalue weighted by atomic mass is 9.93. The number of aromatic nitrogens is 4. The standard InChI is InChI=1S/C31H18N4/c1-2-4-20-17(3-1)13-18-5-7-21-24(28(18)20)14-19-6-8-23-30(29(19)21)22-9-11-33-16-27(22)35-26-10-12-32-15-25(26)34-31(23)35/h1-12,15-16H,13-14H2. The van der Waals surface area contributed by atoms with Crippen LogP contribution in [0.15, 0.2) is 85.5 Å². The molecular formula is C31H18N4. The van der Waals surface area contributed by atoms with Crippen molar-refractivity contribution in [3.8, 4) is 22.3 Å². The number of imidazole rings is 1. The highest BCUT2D eigenvalue weighted by atomic mass is 15.0. The molecule has 0 bridgehead atoms. The molecule has 4 aromatic heterocycles. The molecule has 0 spiro atoms. The van der Waals surface area contributed by atoms with E-state index in [1.165, 1.54) is 60.7 Å². The maximum absolute atomic E-state index is 5.04. The Bertz CT molecular complexity index is 2070. The fourth-order valence-corrected chi connectivity index (χ4v) is 6.61. The number of fused-ring (bicyclic) bond motifs is 16. The topological polar surface area (TPSA) is 43.1 Å². The Morgan fingerprint density at radius 3 is 2.49 bits per heavy atom. The fourth-order valence-electron chi connectivity index (χ4n) is 6.61. The van der Waals surface area contributed by atoms with Crippen molar-refractivity contribution in [3.05, 3.63) is 108 Å². The van der Waals surface area contributed by atoms with Gasteiger partial charge >= 0.3 is 0 Å². The van der Waals surface area contributed by atoms with Crippen molar-refractivity contribution in [2.45, 2.75) is 12.8 Å². The van der Waals surface area contributed by atoms with Crippen LogP contribution in [0.4, 0.5) is 0 Å². The summed E-state index contributed by atoms with van der Waals surface area (Å²) in [6.45, 7) is 0. The van der Waals surface area contributed by atoms with Crippen molar-refractivity contribution in [1.29, 1.82) is 0 Å². The Kier molecular flexibility index (Phi) is 3.11. The van der Waals surface area contributed by atoms with Gasteiger partial charge in [-0.3, -0.25) is 14.4 Å². The molecule has 2 aliphatic rings. The normalized spacial score (nSPS) is 13.5. The Morgan fingerprint density at radius 1 is 0.629 bits per heavy atom. The van der Waals surface area contributed by atoms with Gasteiger partial charge in [-0.1, -0.05) is 48.5 Å². The minimum Gasteiger partial charge on any atom is -0.290 e. The monoisotopic (exact) mass is 446 g/mol. The predicted octanol–water partition coefficient (Wildman–Crippen LogP) is 6.73. The molecule has 0 atom stereocenters.